The lowest BCUT2D eigenvalue weighted by atomic mass is 10.1. The Balaban J connectivity index is 1.63. The van der Waals surface area contributed by atoms with Crippen molar-refractivity contribution in [2.75, 3.05) is 31.1 Å². The van der Waals surface area contributed by atoms with Crippen LogP contribution in [0, 0.1) is 18.3 Å². The third-order valence-corrected chi connectivity index (χ3v) is 5.15. The summed E-state index contributed by atoms with van der Waals surface area (Å²) in [6.45, 7) is 3.89. The number of amides is 1. The maximum absolute atomic E-state index is 13.3. The zero-order chi connectivity index (χ0) is 20.5. The predicted octanol–water partition coefficient (Wildman–Crippen LogP) is 1.45. The summed E-state index contributed by atoms with van der Waals surface area (Å²) in [6, 6.07) is 5.64. The van der Waals surface area contributed by atoms with Gasteiger partial charge in [0.25, 0.3) is 11.5 Å². The summed E-state index contributed by atoms with van der Waals surface area (Å²) in [7, 11) is 1.59. The lowest BCUT2D eigenvalue weighted by Gasteiger charge is -2.23. The highest BCUT2D eigenvalue weighted by Gasteiger charge is 2.28. The largest absolute Gasteiger partial charge is 0.442 e. The van der Waals surface area contributed by atoms with Crippen LogP contribution in [0.15, 0.2) is 33.9 Å². The molecule has 0 aromatic carbocycles. The molecule has 0 radical (unpaired) electrons. The number of hydrogen-bond donors (Lipinski definition) is 0. The predicted molar refractivity (Wildman–Crippen MR) is 106 cm³/mol. The molecule has 3 aromatic heterocycles. The number of fused-ring (bicyclic) bond motifs is 1. The molecule has 29 heavy (non-hydrogen) atoms. The van der Waals surface area contributed by atoms with E-state index < -0.39 is 0 Å². The lowest BCUT2D eigenvalue weighted by molar-refractivity contribution is 0.0767. The molecule has 0 aliphatic carbocycles. The summed E-state index contributed by atoms with van der Waals surface area (Å²) in [5, 5.41) is 9.55. The monoisotopic (exact) mass is 392 g/mol. The fourth-order valence-corrected chi connectivity index (χ4v) is 3.67. The summed E-state index contributed by atoms with van der Waals surface area (Å²) in [6.07, 6.45) is 3.76. The number of anilines is 1. The Kier molecular flexibility index (Phi) is 4.76. The van der Waals surface area contributed by atoms with Gasteiger partial charge in [-0.3, -0.25) is 9.59 Å². The summed E-state index contributed by atoms with van der Waals surface area (Å²) < 4.78 is 6.91. The molecule has 0 N–H and O–H groups in total. The number of furan rings is 1. The van der Waals surface area contributed by atoms with E-state index in [1.807, 2.05) is 4.90 Å². The molecule has 1 saturated heterocycles. The first kappa shape index (κ1) is 18.7. The smallest absolute Gasteiger partial charge is 0.265 e. The van der Waals surface area contributed by atoms with Crippen LogP contribution in [0.5, 0.6) is 0 Å². The highest BCUT2D eigenvalue weighted by Crippen LogP contribution is 2.24. The molecular formula is C20H20N6O3. The van der Waals surface area contributed by atoms with Gasteiger partial charge in [0, 0.05) is 39.4 Å². The van der Waals surface area contributed by atoms with E-state index in [1.54, 1.807) is 37.2 Å². The molecule has 1 amide bonds. The Labute approximate surface area is 166 Å². The third kappa shape index (κ3) is 3.23. The highest BCUT2D eigenvalue weighted by molar-refractivity contribution is 6.06. The van der Waals surface area contributed by atoms with Gasteiger partial charge in [-0.05, 0) is 25.5 Å². The minimum atomic E-state index is -0.307. The van der Waals surface area contributed by atoms with Crippen molar-refractivity contribution in [3.63, 3.8) is 0 Å². The zero-order valence-electron chi connectivity index (χ0n) is 16.3. The Morgan fingerprint density at radius 2 is 2.07 bits per heavy atom. The topological polar surface area (TPSA) is 108 Å². The Morgan fingerprint density at radius 3 is 2.86 bits per heavy atom. The van der Waals surface area contributed by atoms with Gasteiger partial charge in [0.05, 0.1) is 11.1 Å². The third-order valence-electron chi connectivity index (χ3n) is 5.15. The van der Waals surface area contributed by atoms with Crippen LogP contribution in [0.4, 0.5) is 5.82 Å². The van der Waals surface area contributed by atoms with Gasteiger partial charge in [0.15, 0.2) is 0 Å². The molecule has 0 unspecified atom stereocenters. The SMILES string of the molecule is Cc1oc2ncn(C)c(=O)c2c1C(=O)N1CCCN(c2ncccc2C#N)CC1. The van der Waals surface area contributed by atoms with Crippen LogP contribution in [-0.2, 0) is 7.05 Å². The molecule has 9 heteroatoms. The molecule has 3 aromatic rings. The summed E-state index contributed by atoms with van der Waals surface area (Å²) in [5.74, 6) is 0.778. The van der Waals surface area contributed by atoms with Crippen molar-refractivity contribution >= 4 is 22.8 Å². The van der Waals surface area contributed by atoms with Crippen LogP contribution >= 0.6 is 0 Å². The van der Waals surface area contributed by atoms with Crippen LogP contribution in [0.3, 0.4) is 0 Å². The second-order valence-electron chi connectivity index (χ2n) is 6.99. The first-order chi connectivity index (χ1) is 14.0. The number of pyridine rings is 1. The van der Waals surface area contributed by atoms with Crippen molar-refractivity contribution in [1.29, 1.82) is 5.26 Å². The van der Waals surface area contributed by atoms with E-state index in [2.05, 4.69) is 16.0 Å². The number of carbonyl (C=O) groups is 1. The molecule has 0 spiro atoms. The van der Waals surface area contributed by atoms with E-state index in [-0.39, 0.29) is 28.1 Å². The minimum absolute atomic E-state index is 0.178. The van der Waals surface area contributed by atoms with E-state index in [1.165, 1.54) is 10.9 Å². The average molecular weight is 392 g/mol. The van der Waals surface area contributed by atoms with Gasteiger partial charge in [-0.1, -0.05) is 0 Å². The standard InChI is InChI=1S/C20H20N6O3/c1-13-15(16-18(29-13)23-12-24(2)19(16)27)20(28)26-8-4-7-25(9-10-26)17-14(11-21)5-3-6-22-17/h3,5-6,12H,4,7-10H2,1-2H3. The van der Waals surface area contributed by atoms with Gasteiger partial charge in [-0.15, -0.1) is 0 Å². The van der Waals surface area contributed by atoms with Gasteiger partial charge in [0.1, 0.15) is 29.4 Å². The summed E-state index contributed by atoms with van der Waals surface area (Å²) >= 11 is 0. The molecule has 1 aliphatic heterocycles. The molecule has 4 heterocycles. The van der Waals surface area contributed by atoms with Gasteiger partial charge in [0.2, 0.25) is 5.71 Å². The lowest BCUT2D eigenvalue weighted by Crippen LogP contribution is -2.36. The van der Waals surface area contributed by atoms with E-state index >= 15 is 0 Å². The Bertz CT molecular complexity index is 1190. The molecular weight excluding hydrogens is 372 g/mol. The van der Waals surface area contributed by atoms with Crippen LogP contribution in [0.2, 0.25) is 0 Å². The number of nitrogens with zero attached hydrogens (tertiary/aromatic N) is 6. The van der Waals surface area contributed by atoms with E-state index in [0.717, 1.165) is 6.42 Å². The van der Waals surface area contributed by atoms with E-state index in [9.17, 15) is 14.9 Å². The number of aromatic nitrogens is 3. The number of carbonyl (C=O) groups excluding carboxylic acids is 1. The zero-order valence-corrected chi connectivity index (χ0v) is 16.3. The van der Waals surface area contributed by atoms with Crippen molar-refractivity contribution in [3.05, 3.63) is 51.9 Å². The molecule has 0 atom stereocenters. The van der Waals surface area contributed by atoms with Crippen LogP contribution in [0.1, 0.15) is 28.1 Å². The minimum Gasteiger partial charge on any atom is -0.442 e. The van der Waals surface area contributed by atoms with E-state index in [4.69, 9.17) is 4.42 Å². The van der Waals surface area contributed by atoms with Gasteiger partial charge in [-0.2, -0.15) is 5.26 Å². The van der Waals surface area contributed by atoms with Crippen molar-refractivity contribution < 1.29 is 9.21 Å². The number of rotatable bonds is 2. The maximum Gasteiger partial charge on any atom is 0.265 e. The number of hydrogen-bond acceptors (Lipinski definition) is 7. The van der Waals surface area contributed by atoms with Crippen molar-refractivity contribution in [2.24, 2.45) is 7.05 Å². The molecule has 1 aliphatic rings. The quantitative estimate of drug-likeness (QED) is 0.649. The second-order valence-corrected chi connectivity index (χ2v) is 6.99. The number of nitriles is 1. The first-order valence-corrected chi connectivity index (χ1v) is 9.35. The summed E-state index contributed by atoms with van der Waals surface area (Å²) in [5.41, 5.74) is 0.660. The maximum atomic E-state index is 13.3. The molecule has 1 fully saturated rings. The fourth-order valence-electron chi connectivity index (χ4n) is 3.67. The average Bonchev–Trinajstić information content (AvgIpc) is 2.90. The van der Waals surface area contributed by atoms with Gasteiger partial charge in [-0.25, -0.2) is 9.97 Å². The van der Waals surface area contributed by atoms with Crippen LogP contribution < -0.4 is 10.5 Å². The van der Waals surface area contributed by atoms with Crippen molar-refractivity contribution in [1.82, 2.24) is 19.4 Å². The van der Waals surface area contributed by atoms with Crippen molar-refractivity contribution in [2.45, 2.75) is 13.3 Å². The van der Waals surface area contributed by atoms with Crippen LogP contribution in [0.25, 0.3) is 11.1 Å². The molecule has 0 bridgehead atoms. The normalized spacial score (nSPS) is 14.7. The molecule has 148 valence electrons. The molecule has 4 rings (SSSR count). The fraction of sp³-hybridized carbons (Fsp3) is 0.350. The summed E-state index contributed by atoms with van der Waals surface area (Å²) in [4.78, 5) is 38.1. The second kappa shape index (κ2) is 7.39. The Hall–Kier alpha value is -3.67. The molecule has 0 saturated carbocycles. The molecule has 9 nitrogen and oxygen atoms in total. The van der Waals surface area contributed by atoms with Crippen LogP contribution in [-0.4, -0.2) is 51.5 Å². The first-order valence-electron chi connectivity index (χ1n) is 9.35. The highest BCUT2D eigenvalue weighted by atomic mass is 16.3. The number of aryl methyl sites for hydroxylation is 2. The Morgan fingerprint density at radius 1 is 1.24 bits per heavy atom. The van der Waals surface area contributed by atoms with Crippen molar-refractivity contribution in [3.8, 4) is 6.07 Å². The van der Waals surface area contributed by atoms with Gasteiger partial charge >= 0.3 is 0 Å². The van der Waals surface area contributed by atoms with E-state index in [0.29, 0.717) is 43.3 Å². The van der Waals surface area contributed by atoms with Gasteiger partial charge < -0.3 is 18.8 Å².